The molecular formula is C16H19N5O6S2. The Kier molecular flexibility index (Phi) is 6.32. The predicted molar refractivity (Wildman–Crippen MR) is 104 cm³/mol. The number of nitrogens with one attached hydrogen (secondary N) is 2. The van der Waals surface area contributed by atoms with Crippen LogP contribution in [0.25, 0.3) is 0 Å². The highest BCUT2D eigenvalue weighted by Gasteiger charge is 2.20. The third kappa shape index (κ3) is 5.00. The van der Waals surface area contributed by atoms with E-state index in [0.29, 0.717) is 31.4 Å². The van der Waals surface area contributed by atoms with Crippen molar-refractivity contribution in [3.05, 3.63) is 34.8 Å². The summed E-state index contributed by atoms with van der Waals surface area (Å²) in [5.74, 6) is -1.27. The van der Waals surface area contributed by atoms with Gasteiger partial charge in [0.1, 0.15) is 11.4 Å². The first kappa shape index (κ1) is 21.0. The van der Waals surface area contributed by atoms with Gasteiger partial charge in [0, 0.05) is 18.5 Å². The van der Waals surface area contributed by atoms with E-state index in [0.717, 1.165) is 6.07 Å². The Morgan fingerprint density at radius 2 is 1.93 bits per heavy atom. The number of carbonyl (C=O) groups excluding carboxylic acids is 2. The maximum atomic E-state index is 12.4. The number of carbonyl (C=O) groups is 2. The van der Waals surface area contributed by atoms with Crippen LogP contribution in [0.2, 0.25) is 0 Å². The van der Waals surface area contributed by atoms with E-state index in [1.54, 1.807) is 5.38 Å². The van der Waals surface area contributed by atoms with Gasteiger partial charge in [0.25, 0.3) is 11.8 Å². The van der Waals surface area contributed by atoms with Crippen LogP contribution >= 0.6 is 11.3 Å². The van der Waals surface area contributed by atoms with Crippen molar-refractivity contribution >= 4 is 38.3 Å². The number of rotatable bonds is 5. The van der Waals surface area contributed by atoms with Gasteiger partial charge in [-0.05, 0) is 18.2 Å². The number of ether oxygens (including phenoxy) is 2. The maximum Gasteiger partial charge on any atom is 0.289 e. The second kappa shape index (κ2) is 8.73. The topological polar surface area (TPSA) is 153 Å². The number of amides is 2. The van der Waals surface area contributed by atoms with Crippen LogP contribution in [0.3, 0.4) is 0 Å². The van der Waals surface area contributed by atoms with Crippen LogP contribution in [0.15, 0.2) is 28.5 Å². The predicted octanol–water partition coefficient (Wildman–Crippen LogP) is -0.289. The van der Waals surface area contributed by atoms with Gasteiger partial charge < -0.3 is 14.4 Å². The molecule has 2 aromatic rings. The monoisotopic (exact) mass is 441 g/mol. The van der Waals surface area contributed by atoms with Crippen molar-refractivity contribution in [2.24, 2.45) is 5.14 Å². The molecule has 1 aromatic heterocycles. The van der Waals surface area contributed by atoms with E-state index >= 15 is 0 Å². The fourth-order valence-corrected chi connectivity index (χ4v) is 3.95. The number of primary sulfonamides is 1. The van der Waals surface area contributed by atoms with E-state index in [4.69, 9.17) is 14.6 Å². The Morgan fingerprint density at radius 3 is 2.59 bits per heavy atom. The smallest absolute Gasteiger partial charge is 0.289 e. The number of benzene rings is 1. The zero-order valence-electron chi connectivity index (χ0n) is 15.4. The van der Waals surface area contributed by atoms with Crippen LogP contribution < -0.4 is 25.6 Å². The van der Waals surface area contributed by atoms with Gasteiger partial charge >= 0.3 is 0 Å². The van der Waals surface area contributed by atoms with Gasteiger partial charge in [-0.15, -0.1) is 11.3 Å². The summed E-state index contributed by atoms with van der Waals surface area (Å²) in [4.78, 5) is 30.7. The quantitative estimate of drug-likeness (QED) is 0.535. The molecule has 0 aliphatic carbocycles. The molecule has 156 valence electrons. The Balaban J connectivity index is 1.67. The highest BCUT2D eigenvalue weighted by atomic mass is 32.2. The number of methoxy groups -OCH3 is 1. The van der Waals surface area contributed by atoms with Crippen LogP contribution in [0.1, 0.15) is 20.8 Å². The number of hydrogen-bond acceptors (Lipinski definition) is 9. The van der Waals surface area contributed by atoms with Gasteiger partial charge in [-0.25, -0.2) is 18.5 Å². The van der Waals surface area contributed by atoms with Crippen molar-refractivity contribution in [2.45, 2.75) is 4.90 Å². The van der Waals surface area contributed by atoms with E-state index < -0.39 is 21.8 Å². The number of sulfonamides is 1. The van der Waals surface area contributed by atoms with Gasteiger partial charge in [-0.3, -0.25) is 20.4 Å². The molecule has 1 fully saturated rings. The SMILES string of the molecule is COc1ccc(S(N)(=O)=O)cc1C(=O)NNC(=O)c1csc(N2CCOCC2)n1. The summed E-state index contributed by atoms with van der Waals surface area (Å²) in [6, 6.07) is 3.58. The molecule has 1 saturated heterocycles. The summed E-state index contributed by atoms with van der Waals surface area (Å²) in [5.41, 5.74) is 4.50. The number of hydrogen-bond donors (Lipinski definition) is 3. The number of nitrogens with zero attached hydrogens (tertiary/aromatic N) is 2. The minimum Gasteiger partial charge on any atom is -0.496 e. The third-order valence-corrected chi connectivity index (χ3v) is 5.85. The van der Waals surface area contributed by atoms with Gasteiger partial charge in [0.05, 0.1) is 30.8 Å². The summed E-state index contributed by atoms with van der Waals surface area (Å²) in [6.07, 6.45) is 0. The van der Waals surface area contributed by atoms with E-state index in [9.17, 15) is 18.0 Å². The van der Waals surface area contributed by atoms with Gasteiger partial charge in [0.2, 0.25) is 10.0 Å². The highest BCUT2D eigenvalue weighted by Crippen LogP contribution is 2.22. The highest BCUT2D eigenvalue weighted by molar-refractivity contribution is 7.89. The fraction of sp³-hybridized carbons (Fsp3) is 0.312. The molecule has 1 aliphatic heterocycles. The number of aromatic nitrogens is 1. The number of hydrazine groups is 1. The molecule has 0 bridgehead atoms. The molecule has 3 rings (SSSR count). The normalized spacial score (nSPS) is 14.3. The van der Waals surface area contributed by atoms with Crippen LogP contribution in [0.4, 0.5) is 5.13 Å². The average molecular weight is 441 g/mol. The molecule has 0 unspecified atom stereocenters. The summed E-state index contributed by atoms with van der Waals surface area (Å²) >= 11 is 1.31. The lowest BCUT2D eigenvalue weighted by molar-refractivity contribution is 0.0842. The number of anilines is 1. The summed E-state index contributed by atoms with van der Waals surface area (Å²) in [5, 5.41) is 7.36. The summed E-state index contributed by atoms with van der Waals surface area (Å²) < 4.78 is 33.4. The van der Waals surface area contributed by atoms with Crippen molar-refractivity contribution in [1.82, 2.24) is 15.8 Å². The van der Waals surface area contributed by atoms with Crippen LogP contribution in [0, 0.1) is 0 Å². The molecule has 4 N–H and O–H groups in total. The fourth-order valence-electron chi connectivity index (χ4n) is 2.55. The lowest BCUT2D eigenvalue weighted by atomic mass is 10.2. The maximum absolute atomic E-state index is 12.4. The molecule has 13 heteroatoms. The molecular weight excluding hydrogens is 422 g/mol. The molecule has 2 amide bonds. The van der Waals surface area contributed by atoms with Crippen LogP contribution in [-0.2, 0) is 14.8 Å². The van der Waals surface area contributed by atoms with E-state index in [-0.39, 0.29) is 21.9 Å². The molecule has 1 aliphatic rings. The lowest BCUT2D eigenvalue weighted by Gasteiger charge is -2.25. The van der Waals surface area contributed by atoms with Crippen molar-refractivity contribution in [3.8, 4) is 5.75 Å². The first-order valence-corrected chi connectivity index (χ1v) is 10.8. The zero-order valence-corrected chi connectivity index (χ0v) is 17.0. The molecule has 29 heavy (non-hydrogen) atoms. The molecule has 0 spiro atoms. The average Bonchev–Trinajstić information content (AvgIpc) is 3.21. The van der Waals surface area contributed by atoms with Crippen LogP contribution in [-0.4, -0.2) is 58.6 Å². The van der Waals surface area contributed by atoms with Crippen LogP contribution in [0.5, 0.6) is 5.75 Å². The largest absolute Gasteiger partial charge is 0.496 e. The number of nitrogens with two attached hydrogens (primary N) is 1. The lowest BCUT2D eigenvalue weighted by Crippen LogP contribution is -2.42. The van der Waals surface area contributed by atoms with E-state index in [1.165, 1.54) is 30.6 Å². The molecule has 0 saturated carbocycles. The minimum atomic E-state index is -4.01. The van der Waals surface area contributed by atoms with E-state index in [1.807, 2.05) is 4.90 Å². The Morgan fingerprint density at radius 1 is 1.24 bits per heavy atom. The molecule has 0 radical (unpaired) electrons. The van der Waals surface area contributed by atoms with Gasteiger partial charge in [-0.2, -0.15) is 0 Å². The van der Waals surface area contributed by atoms with Gasteiger partial charge in [-0.1, -0.05) is 0 Å². The molecule has 2 heterocycles. The zero-order chi connectivity index (χ0) is 21.0. The van der Waals surface area contributed by atoms with Crippen molar-refractivity contribution in [3.63, 3.8) is 0 Å². The van der Waals surface area contributed by atoms with Crippen molar-refractivity contribution < 1.29 is 27.5 Å². The Bertz CT molecular complexity index is 1020. The van der Waals surface area contributed by atoms with E-state index in [2.05, 4.69) is 15.8 Å². The van der Waals surface area contributed by atoms with Crippen molar-refractivity contribution in [1.29, 1.82) is 0 Å². The minimum absolute atomic E-state index is 0.105. The number of thiazole rings is 1. The molecule has 0 atom stereocenters. The third-order valence-electron chi connectivity index (χ3n) is 4.04. The molecule has 11 nitrogen and oxygen atoms in total. The Labute approximate surface area is 170 Å². The number of morpholine rings is 1. The second-order valence-corrected chi connectivity index (χ2v) is 8.33. The first-order chi connectivity index (χ1) is 13.8. The first-order valence-electron chi connectivity index (χ1n) is 8.39. The van der Waals surface area contributed by atoms with Gasteiger partial charge in [0.15, 0.2) is 5.13 Å². The summed E-state index contributed by atoms with van der Waals surface area (Å²) in [7, 11) is -2.69. The second-order valence-electron chi connectivity index (χ2n) is 5.93. The molecule has 1 aromatic carbocycles. The Hall–Kier alpha value is -2.74. The standard InChI is InChI=1S/C16H19N5O6S2/c1-26-13-3-2-10(29(17,24)25)8-11(13)14(22)19-20-15(23)12-9-28-16(18-12)21-4-6-27-7-5-21/h2-3,8-9H,4-7H2,1H3,(H,19,22)(H,20,23)(H2,17,24,25). The summed E-state index contributed by atoms with van der Waals surface area (Å²) in [6.45, 7) is 2.56. The van der Waals surface area contributed by atoms with Crippen molar-refractivity contribution in [2.75, 3.05) is 38.3 Å².